The lowest BCUT2D eigenvalue weighted by Crippen LogP contribution is -2.31. The van der Waals surface area contributed by atoms with Crippen LogP contribution in [0.1, 0.15) is 68.2 Å². The van der Waals surface area contributed by atoms with E-state index in [0.717, 1.165) is 0 Å². The van der Waals surface area contributed by atoms with E-state index >= 15 is 0 Å². The molecule has 0 heterocycles. The quantitative estimate of drug-likeness (QED) is 0.357. The highest BCUT2D eigenvalue weighted by molar-refractivity contribution is 7.87. The van der Waals surface area contributed by atoms with Gasteiger partial charge in [0.05, 0.1) is 11.5 Å². The Morgan fingerprint density at radius 2 is 0.962 bits per heavy atom. The molecule has 26 heavy (non-hydrogen) atoms. The third-order valence-corrected chi connectivity index (χ3v) is 6.30. The van der Waals surface area contributed by atoms with Crippen LogP contribution in [-0.4, -0.2) is 39.5 Å². The van der Waals surface area contributed by atoms with Crippen molar-refractivity contribution in [3.8, 4) is 0 Å². The second-order valence-electron chi connectivity index (χ2n) is 8.60. The van der Waals surface area contributed by atoms with Crippen molar-refractivity contribution < 1.29 is 25.2 Å². The predicted molar refractivity (Wildman–Crippen MR) is 106 cm³/mol. The van der Waals surface area contributed by atoms with Crippen LogP contribution in [0.15, 0.2) is 12.2 Å². The number of hydrogen-bond acceptors (Lipinski definition) is 6. The molecule has 0 spiro atoms. The average Bonchev–Trinajstić information content (AvgIpc) is 2.39. The highest BCUT2D eigenvalue weighted by atomic mass is 32.2. The SMILES string of the molecule is CC(C)CCS(=O)(=O)OC(C)(C)C=CC(C)(C)OS(=O)(=O)CCC(C)C. The minimum atomic E-state index is -3.67. The van der Waals surface area contributed by atoms with E-state index in [9.17, 15) is 16.8 Å². The molecule has 0 aliphatic carbocycles. The molecule has 0 aliphatic heterocycles. The molecule has 156 valence electrons. The van der Waals surface area contributed by atoms with Crippen LogP contribution >= 0.6 is 0 Å². The topological polar surface area (TPSA) is 86.7 Å². The summed E-state index contributed by atoms with van der Waals surface area (Å²) in [5.41, 5.74) is -2.20. The molecular weight excluding hydrogens is 376 g/mol. The summed E-state index contributed by atoms with van der Waals surface area (Å²) >= 11 is 0. The van der Waals surface area contributed by atoms with Crippen LogP contribution in [0.2, 0.25) is 0 Å². The first-order valence-electron chi connectivity index (χ1n) is 9.02. The maximum atomic E-state index is 12.1. The normalized spacial score (nSPS) is 14.7. The Morgan fingerprint density at radius 3 is 1.19 bits per heavy atom. The molecule has 0 aromatic carbocycles. The van der Waals surface area contributed by atoms with Crippen LogP contribution in [0.25, 0.3) is 0 Å². The lowest BCUT2D eigenvalue weighted by Gasteiger charge is -2.25. The zero-order valence-corrected chi connectivity index (χ0v) is 19.0. The fourth-order valence-electron chi connectivity index (χ4n) is 1.95. The zero-order valence-electron chi connectivity index (χ0n) is 17.4. The number of rotatable bonds is 12. The van der Waals surface area contributed by atoms with Gasteiger partial charge in [-0.15, -0.1) is 0 Å². The van der Waals surface area contributed by atoms with Crippen molar-refractivity contribution in [2.45, 2.75) is 79.4 Å². The molecule has 8 heteroatoms. The molecule has 0 rings (SSSR count). The molecule has 6 nitrogen and oxygen atoms in total. The number of hydrogen-bond donors (Lipinski definition) is 0. The molecule has 0 saturated heterocycles. The summed E-state index contributed by atoms with van der Waals surface area (Å²) in [5, 5.41) is 0. The predicted octanol–water partition coefficient (Wildman–Crippen LogP) is 3.88. The summed E-state index contributed by atoms with van der Waals surface area (Å²) in [6.45, 7) is 14.2. The molecule has 0 aromatic rings. The first kappa shape index (κ1) is 25.6. The summed E-state index contributed by atoms with van der Waals surface area (Å²) in [6.07, 6.45) is 4.09. The lowest BCUT2D eigenvalue weighted by molar-refractivity contribution is 0.152. The van der Waals surface area contributed by atoms with Crippen LogP contribution in [-0.2, 0) is 28.6 Å². The molecule has 0 unspecified atom stereocenters. The van der Waals surface area contributed by atoms with E-state index in [1.807, 2.05) is 27.7 Å². The van der Waals surface area contributed by atoms with E-state index in [2.05, 4.69) is 0 Å². The fourth-order valence-corrected chi connectivity index (χ4v) is 5.06. The summed E-state index contributed by atoms with van der Waals surface area (Å²) in [5.74, 6) is 0.419. The van der Waals surface area contributed by atoms with E-state index in [1.54, 1.807) is 27.7 Å². The maximum absolute atomic E-state index is 12.1. The van der Waals surface area contributed by atoms with Crippen molar-refractivity contribution in [3.05, 3.63) is 12.2 Å². The van der Waals surface area contributed by atoms with Gasteiger partial charge in [0.25, 0.3) is 20.2 Å². The van der Waals surface area contributed by atoms with E-state index in [0.29, 0.717) is 12.8 Å². The van der Waals surface area contributed by atoms with Crippen molar-refractivity contribution >= 4 is 20.2 Å². The largest absolute Gasteiger partial charge is 0.268 e. The van der Waals surface area contributed by atoms with Crippen molar-refractivity contribution in [3.63, 3.8) is 0 Å². The Bertz CT molecular complexity index is 598. The molecule has 0 aliphatic rings. The lowest BCUT2D eigenvalue weighted by atomic mass is 10.0. The van der Waals surface area contributed by atoms with Crippen molar-refractivity contribution in [2.75, 3.05) is 11.5 Å². The van der Waals surface area contributed by atoms with Crippen LogP contribution in [0.3, 0.4) is 0 Å². The molecule has 0 aromatic heterocycles. The Balaban J connectivity index is 4.97. The molecule has 0 amide bonds. The third kappa shape index (κ3) is 12.8. The Labute approximate surface area is 160 Å². The van der Waals surface area contributed by atoms with Gasteiger partial charge in [-0.1, -0.05) is 39.8 Å². The Hall–Kier alpha value is -0.440. The minimum absolute atomic E-state index is 0.0502. The second kappa shape index (κ2) is 9.66. The van der Waals surface area contributed by atoms with E-state index < -0.39 is 31.4 Å². The maximum Gasteiger partial charge on any atom is 0.268 e. The van der Waals surface area contributed by atoms with Gasteiger partial charge < -0.3 is 0 Å². The van der Waals surface area contributed by atoms with Gasteiger partial charge in [0.1, 0.15) is 11.2 Å². The highest BCUT2D eigenvalue weighted by Crippen LogP contribution is 2.22. The third-order valence-electron chi connectivity index (χ3n) is 3.46. The van der Waals surface area contributed by atoms with Gasteiger partial charge in [0.2, 0.25) is 0 Å². The van der Waals surface area contributed by atoms with E-state index in [4.69, 9.17) is 8.37 Å². The zero-order chi connectivity index (χ0) is 20.8. The summed E-state index contributed by atoms with van der Waals surface area (Å²) in [6, 6.07) is 0. The van der Waals surface area contributed by atoms with E-state index in [-0.39, 0.29) is 23.3 Å². The first-order chi connectivity index (χ1) is 11.5. The van der Waals surface area contributed by atoms with Crippen LogP contribution in [0.4, 0.5) is 0 Å². The van der Waals surface area contributed by atoms with E-state index in [1.165, 1.54) is 12.2 Å². The van der Waals surface area contributed by atoms with Gasteiger partial charge in [-0.2, -0.15) is 16.8 Å². The molecule has 0 saturated carbocycles. The van der Waals surface area contributed by atoms with Crippen LogP contribution in [0.5, 0.6) is 0 Å². The molecule has 0 radical (unpaired) electrons. The van der Waals surface area contributed by atoms with Gasteiger partial charge in [-0.25, -0.2) is 0 Å². The highest BCUT2D eigenvalue weighted by Gasteiger charge is 2.28. The smallest absolute Gasteiger partial charge is 0.260 e. The molecule has 0 N–H and O–H groups in total. The average molecular weight is 413 g/mol. The van der Waals surface area contributed by atoms with Crippen molar-refractivity contribution in [1.82, 2.24) is 0 Å². The van der Waals surface area contributed by atoms with Gasteiger partial charge in [-0.3, -0.25) is 8.37 Å². The monoisotopic (exact) mass is 412 g/mol. The van der Waals surface area contributed by atoms with Gasteiger partial charge in [0.15, 0.2) is 0 Å². The van der Waals surface area contributed by atoms with Crippen LogP contribution < -0.4 is 0 Å². The van der Waals surface area contributed by atoms with Crippen molar-refractivity contribution in [1.29, 1.82) is 0 Å². The summed E-state index contributed by atoms with van der Waals surface area (Å²) in [7, 11) is -7.33. The second-order valence-corrected chi connectivity index (χ2v) is 12.0. The van der Waals surface area contributed by atoms with Gasteiger partial charge in [-0.05, 0) is 52.4 Å². The van der Waals surface area contributed by atoms with Crippen molar-refractivity contribution in [2.24, 2.45) is 11.8 Å². The first-order valence-corrected chi connectivity index (χ1v) is 12.2. The summed E-state index contributed by atoms with van der Waals surface area (Å²) in [4.78, 5) is 0. The fraction of sp³-hybridized carbons (Fsp3) is 0.889. The molecule has 0 bridgehead atoms. The minimum Gasteiger partial charge on any atom is -0.260 e. The Morgan fingerprint density at radius 1 is 0.692 bits per heavy atom. The van der Waals surface area contributed by atoms with Crippen LogP contribution in [0, 0.1) is 11.8 Å². The van der Waals surface area contributed by atoms with Gasteiger partial charge in [0, 0.05) is 0 Å². The standard InChI is InChI=1S/C18H36O6S2/c1-15(2)9-13-25(19,20)23-17(5,6)11-12-18(7,8)24-26(21,22)14-10-16(3)4/h11-12,15-16H,9-10,13-14H2,1-8H3. The Kier molecular flexibility index (Phi) is 9.50. The summed E-state index contributed by atoms with van der Waals surface area (Å²) < 4.78 is 58.8. The molecule has 0 fully saturated rings. The molecule has 0 atom stereocenters. The molecular formula is C18H36O6S2. The van der Waals surface area contributed by atoms with Gasteiger partial charge >= 0.3 is 0 Å².